The van der Waals surface area contributed by atoms with Crippen molar-refractivity contribution in [3.63, 3.8) is 0 Å². The van der Waals surface area contributed by atoms with Gasteiger partial charge in [0.25, 0.3) is 0 Å². The van der Waals surface area contributed by atoms with E-state index in [1.165, 1.54) is 0 Å². The number of aliphatic hydroxyl groups excluding tert-OH is 1. The average Bonchev–Trinajstić information content (AvgIpc) is 2.42. The van der Waals surface area contributed by atoms with Crippen LogP contribution in [-0.2, 0) is 0 Å². The van der Waals surface area contributed by atoms with Crippen LogP contribution in [0.1, 0.15) is 31.7 Å². The van der Waals surface area contributed by atoms with E-state index in [1.54, 1.807) is 6.20 Å². The number of aliphatic hydroxyl groups is 1. The zero-order chi connectivity index (χ0) is 14.5. The Kier molecular flexibility index (Phi) is 4.68. The van der Waals surface area contributed by atoms with Gasteiger partial charge in [-0.05, 0) is 25.0 Å². The highest BCUT2D eigenvalue weighted by Gasteiger charge is 2.12. The zero-order valence-electron chi connectivity index (χ0n) is 11.9. The number of nitrogens with one attached hydrogen (secondary N) is 1. The van der Waals surface area contributed by atoms with Crippen LogP contribution >= 0.6 is 0 Å². The lowest BCUT2D eigenvalue weighted by atomic mass is 10.1. The van der Waals surface area contributed by atoms with E-state index in [0.717, 1.165) is 24.8 Å². The number of aromatic nitrogens is 3. The second kappa shape index (κ2) is 6.47. The normalized spacial score (nSPS) is 12.6. The number of nitrogen functional groups attached to an aromatic ring is 1. The lowest BCUT2D eigenvalue weighted by molar-refractivity contribution is 0.267. The highest BCUT2D eigenvalue weighted by molar-refractivity contribution is 5.86. The number of pyridine rings is 1. The van der Waals surface area contributed by atoms with Crippen LogP contribution in [0.15, 0.2) is 12.3 Å². The van der Waals surface area contributed by atoms with Gasteiger partial charge in [-0.15, -0.1) is 0 Å². The summed E-state index contributed by atoms with van der Waals surface area (Å²) >= 11 is 0. The maximum absolute atomic E-state index is 9.44. The van der Waals surface area contributed by atoms with Gasteiger partial charge in [0.05, 0.1) is 18.2 Å². The second-order valence-electron chi connectivity index (χ2n) is 4.98. The largest absolute Gasteiger partial charge is 0.394 e. The standard InChI is InChI=1S/C14H21N5O/c1-3-4-5-10(8-20)17-13-12-11(18-14(15)19-13)6-9(2)7-16-12/h6-7,10,20H,3-5,8H2,1-2H3,(H3,15,17,18,19)/t10-/m0/s1. The Labute approximate surface area is 118 Å². The van der Waals surface area contributed by atoms with Crippen molar-refractivity contribution >= 4 is 22.8 Å². The van der Waals surface area contributed by atoms with Gasteiger partial charge in [-0.2, -0.15) is 4.98 Å². The van der Waals surface area contributed by atoms with Gasteiger partial charge < -0.3 is 16.2 Å². The van der Waals surface area contributed by atoms with Gasteiger partial charge in [0.1, 0.15) is 5.52 Å². The molecular weight excluding hydrogens is 254 g/mol. The Morgan fingerprint density at radius 1 is 1.40 bits per heavy atom. The predicted molar refractivity (Wildman–Crippen MR) is 80.5 cm³/mol. The third kappa shape index (κ3) is 3.33. The number of unbranched alkanes of at least 4 members (excludes halogenated alkanes) is 1. The van der Waals surface area contributed by atoms with E-state index >= 15 is 0 Å². The summed E-state index contributed by atoms with van der Waals surface area (Å²) in [6.07, 6.45) is 4.78. The smallest absolute Gasteiger partial charge is 0.222 e. The van der Waals surface area contributed by atoms with Crippen LogP contribution in [0, 0.1) is 6.92 Å². The minimum atomic E-state index is -0.0458. The molecule has 0 fully saturated rings. The number of nitrogens with zero attached hydrogens (tertiary/aromatic N) is 3. The van der Waals surface area contributed by atoms with Gasteiger partial charge in [-0.3, -0.25) is 4.98 Å². The highest BCUT2D eigenvalue weighted by Crippen LogP contribution is 2.21. The van der Waals surface area contributed by atoms with Gasteiger partial charge in [0, 0.05) is 6.20 Å². The topological polar surface area (TPSA) is 97.0 Å². The predicted octanol–water partition coefficient (Wildman–Crippen LogP) is 1.88. The summed E-state index contributed by atoms with van der Waals surface area (Å²) in [4.78, 5) is 12.8. The molecule has 4 N–H and O–H groups in total. The first-order chi connectivity index (χ1) is 9.63. The first-order valence-corrected chi connectivity index (χ1v) is 6.91. The number of hydrogen-bond acceptors (Lipinski definition) is 6. The molecule has 1 atom stereocenters. The van der Waals surface area contributed by atoms with E-state index < -0.39 is 0 Å². The monoisotopic (exact) mass is 275 g/mol. The molecule has 2 aromatic rings. The lowest BCUT2D eigenvalue weighted by Crippen LogP contribution is -2.24. The minimum Gasteiger partial charge on any atom is -0.394 e. The maximum Gasteiger partial charge on any atom is 0.222 e. The Balaban J connectivity index is 2.32. The number of anilines is 2. The summed E-state index contributed by atoms with van der Waals surface area (Å²) in [5, 5.41) is 12.7. The third-order valence-corrected chi connectivity index (χ3v) is 3.16. The molecular formula is C14H21N5O. The van der Waals surface area contributed by atoms with E-state index in [2.05, 4.69) is 27.2 Å². The first kappa shape index (κ1) is 14.5. The molecule has 2 aromatic heterocycles. The van der Waals surface area contributed by atoms with Gasteiger partial charge in [-0.25, -0.2) is 4.98 Å². The third-order valence-electron chi connectivity index (χ3n) is 3.16. The van der Waals surface area contributed by atoms with Crippen molar-refractivity contribution in [1.29, 1.82) is 0 Å². The Hall–Kier alpha value is -1.95. The van der Waals surface area contributed by atoms with E-state index in [4.69, 9.17) is 5.73 Å². The summed E-state index contributed by atoms with van der Waals surface area (Å²) in [5.74, 6) is 0.794. The van der Waals surface area contributed by atoms with Crippen molar-refractivity contribution in [2.24, 2.45) is 0 Å². The molecule has 0 aliphatic carbocycles. The Morgan fingerprint density at radius 2 is 2.20 bits per heavy atom. The second-order valence-corrected chi connectivity index (χ2v) is 4.98. The van der Waals surface area contributed by atoms with Crippen LogP contribution in [-0.4, -0.2) is 32.7 Å². The first-order valence-electron chi connectivity index (χ1n) is 6.91. The number of rotatable bonds is 6. The van der Waals surface area contributed by atoms with Gasteiger partial charge in [0.15, 0.2) is 5.82 Å². The highest BCUT2D eigenvalue weighted by atomic mass is 16.3. The molecule has 0 bridgehead atoms. The summed E-state index contributed by atoms with van der Waals surface area (Å²) in [7, 11) is 0. The van der Waals surface area contributed by atoms with Crippen LogP contribution in [0.5, 0.6) is 0 Å². The SMILES string of the molecule is CCCC[C@@H](CO)Nc1nc(N)nc2cc(C)cnc12. The molecule has 0 aliphatic rings. The molecule has 0 amide bonds. The Morgan fingerprint density at radius 3 is 2.90 bits per heavy atom. The van der Waals surface area contributed by atoms with Crippen LogP contribution < -0.4 is 11.1 Å². The zero-order valence-corrected chi connectivity index (χ0v) is 11.9. The summed E-state index contributed by atoms with van der Waals surface area (Å²) < 4.78 is 0. The molecule has 0 saturated heterocycles. The summed E-state index contributed by atoms with van der Waals surface area (Å²) in [5.41, 5.74) is 8.15. The fourth-order valence-corrected chi connectivity index (χ4v) is 2.09. The van der Waals surface area contributed by atoms with Crippen LogP contribution in [0.2, 0.25) is 0 Å². The van der Waals surface area contributed by atoms with Gasteiger partial charge in [0.2, 0.25) is 5.95 Å². The molecule has 108 valence electrons. The fraction of sp³-hybridized carbons (Fsp3) is 0.500. The summed E-state index contributed by atoms with van der Waals surface area (Å²) in [6.45, 7) is 4.13. The molecule has 0 saturated carbocycles. The molecule has 2 heterocycles. The molecule has 0 radical (unpaired) electrons. The van der Waals surface area contributed by atoms with Crippen LogP contribution in [0.3, 0.4) is 0 Å². The molecule has 6 nitrogen and oxygen atoms in total. The van der Waals surface area contributed by atoms with Crippen molar-refractivity contribution in [2.75, 3.05) is 17.7 Å². The molecule has 0 aromatic carbocycles. The van der Waals surface area contributed by atoms with E-state index in [-0.39, 0.29) is 18.6 Å². The van der Waals surface area contributed by atoms with E-state index in [1.807, 2.05) is 13.0 Å². The quantitative estimate of drug-likeness (QED) is 0.744. The van der Waals surface area contributed by atoms with Crippen molar-refractivity contribution in [3.05, 3.63) is 17.8 Å². The van der Waals surface area contributed by atoms with Crippen LogP contribution in [0.4, 0.5) is 11.8 Å². The molecule has 2 rings (SSSR count). The number of aryl methyl sites for hydroxylation is 1. The van der Waals surface area contributed by atoms with E-state index in [9.17, 15) is 5.11 Å². The number of hydrogen-bond donors (Lipinski definition) is 3. The van der Waals surface area contributed by atoms with Gasteiger partial charge >= 0.3 is 0 Å². The summed E-state index contributed by atoms with van der Waals surface area (Å²) in [6, 6.07) is 1.88. The van der Waals surface area contributed by atoms with Crippen molar-refractivity contribution < 1.29 is 5.11 Å². The lowest BCUT2D eigenvalue weighted by Gasteiger charge is -2.17. The van der Waals surface area contributed by atoms with Gasteiger partial charge in [-0.1, -0.05) is 19.8 Å². The molecule has 0 unspecified atom stereocenters. The van der Waals surface area contributed by atoms with Crippen molar-refractivity contribution in [2.45, 2.75) is 39.2 Å². The van der Waals surface area contributed by atoms with E-state index in [0.29, 0.717) is 16.9 Å². The average molecular weight is 275 g/mol. The fourth-order valence-electron chi connectivity index (χ4n) is 2.09. The molecule has 20 heavy (non-hydrogen) atoms. The van der Waals surface area contributed by atoms with Crippen molar-refractivity contribution in [1.82, 2.24) is 15.0 Å². The number of fused-ring (bicyclic) bond motifs is 1. The number of nitrogens with two attached hydrogens (primary N) is 1. The van der Waals surface area contributed by atoms with Crippen LogP contribution in [0.25, 0.3) is 11.0 Å². The molecule has 0 spiro atoms. The Bertz CT molecular complexity index is 582. The minimum absolute atomic E-state index is 0.0458. The maximum atomic E-state index is 9.44. The molecule has 0 aliphatic heterocycles. The van der Waals surface area contributed by atoms with Crippen molar-refractivity contribution in [3.8, 4) is 0 Å². The molecule has 6 heteroatoms.